The number of nitrogens with zero attached hydrogens (tertiary/aromatic N) is 3. The molecule has 5 nitrogen and oxygen atoms in total. The Kier molecular flexibility index (Phi) is 6.19. The van der Waals surface area contributed by atoms with Crippen LogP contribution >= 0.6 is 15.9 Å². The van der Waals surface area contributed by atoms with Crippen LogP contribution in [0.2, 0.25) is 0 Å². The average Bonchev–Trinajstić information content (AvgIpc) is 2.70. The molecular weight excluding hydrogens is 445 g/mol. The maximum atomic E-state index is 14.3. The number of hydrogen-bond donors (Lipinski definition) is 0. The van der Waals surface area contributed by atoms with Crippen molar-refractivity contribution in [3.8, 4) is 6.07 Å². The molecule has 0 aliphatic heterocycles. The maximum absolute atomic E-state index is 14.3. The highest BCUT2D eigenvalue weighted by Gasteiger charge is 2.26. The number of aromatic nitrogens is 1. The van der Waals surface area contributed by atoms with Crippen LogP contribution in [0.15, 0.2) is 76.2 Å². The van der Waals surface area contributed by atoms with Crippen LogP contribution in [0.3, 0.4) is 0 Å². The molecule has 0 radical (unpaired) electrons. The van der Waals surface area contributed by atoms with E-state index in [1.165, 1.54) is 34.6 Å². The molecule has 0 unspecified atom stereocenters. The summed E-state index contributed by atoms with van der Waals surface area (Å²) in [6.07, 6.45) is 1.57. The third-order valence-corrected chi connectivity index (χ3v) is 6.35. The largest absolute Gasteiger partial charge is 0.260 e. The zero-order chi connectivity index (χ0) is 20.1. The van der Waals surface area contributed by atoms with Crippen molar-refractivity contribution in [2.45, 2.75) is 18.0 Å². The van der Waals surface area contributed by atoms with Gasteiger partial charge >= 0.3 is 0 Å². The summed E-state index contributed by atoms with van der Waals surface area (Å²) >= 11 is 3.20. The number of benzene rings is 2. The number of rotatable bonds is 6. The van der Waals surface area contributed by atoms with Crippen LogP contribution in [0, 0.1) is 17.1 Å². The second kappa shape index (κ2) is 8.61. The highest BCUT2D eigenvalue weighted by molar-refractivity contribution is 9.10. The smallest absolute Gasteiger partial charge is 0.243 e. The van der Waals surface area contributed by atoms with Crippen molar-refractivity contribution in [2.24, 2.45) is 0 Å². The molecule has 0 atom stereocenters. The molecule has 0 saturated heterocycles. The molecule has 1 aromatic heterocycles. The van der Waals surface area contributed by atoms with Gasteiger partial charge in [0, 0.05) is 22.8 Å². The minimum Gasteiger partial charge on any atom is -0.260 e. The fourth-order valence-corrected chi connectivity index (χ4v) is 4.31. The van der Waals surface area contributed by atoms with Crippen molar-refractivity contribution in [1.82, 2.24) is 9.29 Å². The van der Waals surface area contributed by atoms with E-state index in [1.807, 2.05) is 6.07 Å². The molecule has 28 heavy (non-hydrogen) atoms. The first-order chi connectivity index (χ1) is 13.4. The number of hydrogen-bond acceptors (Lipinski definition) is 4. The van der Waals surface area contributed by atoms with Gasteiger partial charge in [-0.3, -0.25) is 4.98 Å². The summed E-state index contributed by atoms with van der Waals surface area (Å²) in [5.41, 5.74) is 1.14. The molecule has 3 rings (SSSR count). The van der Waals surface area contributed by atoms with E-state index in [1.54, 1.807) is 36.5 Å². The van der Waals surface area contributed by atoms with Gasteiger partial charge in [0.2, 0.25) is 10.0 Å². The van der Waals surface area contributed by atoms with Gasteiger partial charge in [-0.2, -0.15) is 9.57 Å². The second-order valence-corrected chi connectivity index (χ2v) is 8.82. The molecule has 3 aromatic rings. The molecular formula is C20H15BrFN3O2S. The number of sulfonamides is 1. The normalized spacial score (nSPS) is 11.4. The highest BCUT2D eigenvalue weighted by Crippen LogP contribution is 2.23. The molecule has 8 heteroatoms. The molecule has 0 fully saturated rings. The third-order valence-electron chi connectivity index (χ3n) is 4.05. The lowest BCUT2D eigenvalue weighted by atomic mass is 10.2. The van der Waals surface area contributed by atoms with E-state index in [0.29, 0.717) is 15.7 Å². The van der Waals surface area contributed by atoms with Crippen LogP contribution < -0.4 is 0 Å². The summed E-state index contributed by atoms with van der Waals surface area (Å²) in [4.78, 5) is 4.21. The molecule has 1 heterocycles. The Bertz CT molecular complexity index is 1110. The SMILES string of the molecule is N#Cc1ccc(S(=O)(=O)N(Cc2ccccn2)Cc2ccc(Br)cc2F)cc1. The lowest BCUT2D eigenvalue weighted by Crippen LogP contribution is -2.31. The molecule has 0 aliphatic carbocycles. The fourth-order valence-electron chi connectivity index (χ4n) is 2.59. The molecule has 0 aliphatic rings. The predicted octanol–water partition coefficient (Wildman–Crippen LogP) is 4.25. The summed E-state index contributed by atoms with van der Waals surface area (Å²) in [5.74, 6) is -0.504. The van der Waals surface area contributed by atoms with E-state index in [9.17, 15) is 12.8 Å². The van der Waals surface area contributed by atoms with Crippen LogP contribution in [0.1, 0.15) is 16.8 Å². The molecule has 0 saturated carbocycles. The van der Waals surface area contributed by atoms with Crippen LogP contribution in [0.4, 0.5) is 4.39 Å². The van der Waals surface area contributed by atoms with Crippen molar-refractivity contribution in [1.29, 1.82) is 5.26 Å². The molecule has 0 N–H and O–H groups in total. The first-order valence-electron chi connectivity index (χ1n) is 8.24. The van der Waals surface area contributed by atoms with Gasteiger partial charge in [0.25, 0.3) is 0 Å². The average molecular weight is 460 g/mol. The summed E-state index contributed by atoms with van der Waals surface area (Å²) < 4.78 is 42.5. The van der Waals surface area contributed by atoms with Crippen molar-refractivity contribution in [3.63, 3.8) is 0 Å². The minimum absolute atomic E-state index is 0.0152. The summed E-state index contributed by atoms with van der Waals surface area (Å²) in [5, 5.41) is 8.92. The highest BCUT2D eigenvalue weighted by atomic mass is 79.9. The molecule has 0 bridgehead atoms. The Hall–Kier alpha value is -2.60. The van der Waals surface area contributed by atoms with Crippen molar-refractivity contribution in [3.05, 3.63) is 94.0 Å². The monoisotopic (exact) mass is 459 g/mol. The Balaban J connectivity index is 2.00. The third kappa shape index (κ3) is 4.62. The van der Waals surface area contributed by atoms with E-state index < -0.39 is 15.8 Å². The first kappa shape index (κ1) is 20.1. The zero-order valence-corrected chi connectivity index (χ0v) is 17.0. The molecule has 2 aromatic carbocycles. The van der Waals surface area contributed by atoms with Gasteiger partial charge in [-0.1, -0.05) is 28.1 Å². The molecule has 0 amide bonds. The Morgan fingerprint density at radius 2 is 1.82 bits per heavy atom. The van der Waals surface area contributed by atoms with E-state index in [4.69, 9.17) is 5.26 Å². The molecule has 142 valence electrons. The quantitative estimate of drug-likeness (QED) is 0.552. The molecule has 0 spiro atoms. The number of nitriles is 1. The fraction of sp³-hybridized carbons (Fsp3) is 0.100. The van der Waals surface area contributed by atoms with E-state index in [2.05, 4.69) is 20.9 Å². The Labute approximate surface area is 171 Å². The van der Waals surface area contributed by atoms with Gasteiger partial charge < -0.3 is 0 Å². The maximum Gasteiger partial charge on any atom is 0.243 e. The predicted molar refractivity (Wildman–Crippen MR) is 106 cm³/mol. The van der Waals surface area contributed by atoms with Gasteiger partial charge in [-0.05, 0) is 48.5 Å². The minimum atomic E-state index is -3.94. The van der Waals surface area contributed by atoms with Crippen molar-refractivity contribution < 1.29 is 12.8 Å². The Morgan fingerprint density at radius 1 is 1.07 bits per heavy atom. The van der Waals surface area contributed by atoms with Gasteiger partial charge in [-0.25, -0.2) is 12.8 Å². The van der Waals surface area contributed by atoms with Gasteiger partial charge in [0.1, 0.15) is 5.82 Å². The van der Waals surface area contributed by atoms with Crippen LogP contribution in [-0.4, -0.2) is 17.7 Å². The number of pyridine rings is 1. The standard InChI is InChI=1S/C20H15BrFN3O2S/c21-17-7-6-16(20(22)11-17)13-25(14-18-3-1-2-10-24-18)28(26,27)19-8-4-15(12-23)5-9-19/h1-11H,13-14H2. The first-order valence-corrected chi connectivity index (χ1v) is 10.5. The summed E-state index contributed by atoms with van der Waals surface area (Å²) in [6.45, 7) is -0.170. The zero-order valence-electron chi connectivity index (χ0n) is 14.6. The van der Waals surface area contributed by atoms with Gasteiger partial charge in [0.05, 0.1) is 28.8 Å². The van der Waals surface area contributed by atoms with Crippen molar-refractivity contribution >= 4 is 26.0 Å². The van der Waals surface area contributed by atoms with E-state index >= 15 is 0 Å². The summed E-state index contributed by atoms with van der Waals surface area (Å²) in [7, 11) is -3.94. The van der Waals surface area contributed by atoms with Crippen molar-refractivity contribution in [2.75, 3.05) is 0 Å². The topological polar surface area (TPSA) is 74.1 Å². The Morgan fingerprint density at radius 3 is 2.43 bits per heavy atom. The van der Waals surface area contributed by atoms with Crippen LogP contribution in [0.25, 0.3) is 0 Å². The summed E-state index contributed by atoms with van der Waals surface area (Å²) in [6, 6.07) is 17.3. The van der Waals surface area contributed by atoms with E-state index in [0.717, 1.165) is 0 Å². The van der Waals surface area contributed by atoms with Gasteiger partial charge in [0.15, 0.2) is 0 Å². The van der Waals surface area contributed by atoms with Gasteiger partial charge in [-0.15, -0.1) is 0 Å². The van der Waals surface area contributed by atoms with Crippen LogP contribution in [-0.2, 0) is 23.1 Å². The van der Waals surface area contributed by atoms with E-state index in [-0.39, 0.29) is 23.5 Å². The number of halogens is 2. The lowest BCUT2D eigenvalue weighted by Gasteiger charge is -2.22. The second-order valence-electron chi connectivity index (χ2n) is 5.97. The van der Waals surface area contributed by atoms with Crippen LogP contribution in [0.5, 0.6) is 0 Å². The lowest BCUT2D eigenvalue weighted by molar-refractivity contribution is 0.390.